The molecule has 1 aromatic carbocycles. The normalized spacial score (nSPS) is 10.3. The Kier molecular flexibility index (Phi) is 4.10. The van der Waals surface area contributed by atoms with Crippen molar-refractivity contribution in [1.29, 1.82) is 0 Å². The molecule has 0 radical (unpaired) electrons. The molecule has 2 rings (SSSR count). The van der Waals surface area contributed by atoms with E-state index in [1.807, 2.05) is 6.92 Å². The highest BCUT2D eigenvalue weighted by molar-refractivity contribution is 6.31. The van der Waals surface area contributed by atoms with Crippen LogP contribution >= 0.6 is 11.6 Å². The Morgan fingerprint density at radius 2 is 2.05 bits per heavy atom. The number of rotatable bonds is 4. The summed E-state index contributed by atoms with van der Waals surface area (Å²) in [6.45, 7) is 2.22. The summed E-state index contributed by atoms with van der Waals surface area (Å²) in [5.74, 6) is -1.31. The van der Waals surface area contributed by atoms with Crippen LogP contribution in [0.2, 0.25) is 5.02 Å². The molecule has 0 unspecified atom stereocenters. The minimum Gasteiger partial charge on any atom is -0.493 e. The van der Waals surface area contributed by atoms with E-state index in [2.05, 4.69) is 0 Å². The lowest BCUT2D eigenvalue weighted by molar-refractivity contribution is 0.0658. The lowest BCUT2D eigenvalue weighted by atomic mass is 10.0. The molecule has 0 fully saturated rings. The van der Waals surface area contributed by atoms with E-state index in [-0.39, 0.29) is 5.56 Å². The number of hydrogen-bond acceptors (Lipinski definition) is 4. The van der Waals surface area contributed by atoms with E-state index in [1.165, 1.54) is 6.07 Å². The van der Waals surface area contributed by atoms with Crippen LogP contribution in [0.15, 0.2) is 39.5 Å². The molecule has 1 heterocycles. The van der Waals surface area contributed by atoms with Crippen LogP contribution in [0.25, 0.3) is 11.1 Å². The highest BCUT2D eigenvalue weighted by Crippen LogP contribution is 2.34. The van der Waals surface area contributed by atoms with Gasteiger partial charge in [0.2, 0.25) is 5.76 Å². The van der Waals surface area contributed by atoms with Crippen LogP contribution in [0.1, 0.15) is 17.5 Å². The molecular weight excluding hydrogens is 284 g/mol. The zero-order chi connectivity index (χ0) is 14.7. The Morgan fingerprint density at radius 3 is 2.70 bits per heavy atom. The van der Waals surface area contributed by atoms with E-state index in [4.69, 9.17) is 25.9 Å². The van der Waals surface area contributed by atoms with E-state index in [9.17, 15) is 9.59 Å². The number of carbonyl (C=O) groups is 1. The fraction of sp³-hybridized carbons (Fsp3) is 0.143. The molecule has 2 aromatic rings. The number of ether oxygens (including phenoxy) is 1. The SMILES string of the molecule is CCOc1ccc(Cl)cc1-c1ccc(=O)oc1C(=O)O. The zero-order valence-electron chi connectivity index (χ0n) is 10.6. The fourth-order valence-electron chi connectivity index (χ4n) is 1.78. The van der Waals surface area contributed by atoms with Gasteiger partial charge in [-0.25, -0.2) is 9.59 Å². The number of hydrogen-bond donors (Lipinski definition) is 1. The highest BCUT2D eigenvalue weighted by atomic mass is 35.5. The molecule has 0 aliphatic heterocycles. The average molecular weight is 295 g/mol. The van der Waals surface area contributed by atoms with E-state index in [0.717, 1.165) is 6.07 Å². The van der Waals surface area contributed by atoms with Crippen LogP contribution in [0, 0.1) is 0 Å². The molecule has 0 saturated carbocycles. The van der Waals surface area contributed by atoms with E-state index in [1.54, 1.807) is 18.2 Å². The molecule has 0 spiro atoms. The predicted octanol–water partition coefficient (Wildman–Crippen LogP) is 3.06. The second-order valence-electron chi connectivity index (χ2n) is 3.88. The first kappa shape index (κ1) is 14.1. The molecule has 104 valence electrons. The largest absolute Gasteiger partial charge is 0.493 e. The summed E-state index contributed by atoms with van der Waals surface area (Å²) in [6.07, 6.45) is 0. The maximum Gasteiger partial charge on any atom is 0.372 e. The molecule has 5 nitrogen and oxygen atoms in total. The van der Waals surface area contributed by atoms with Gasteiger partial charge in [0.1, 0.15) is 5.75 Å². The quantitative estimate of drug-likeness (QED) is 0.938. The van der Waals surface area contributed by atoms with Gasteiger partial charge in [-0.1, -0.05) is 11.6 Å². The van der Waals surface area contributed by atoms with Crippen molar-refractivity contribution in [3.8, 4) is 16.9 Å². The third-order valence-corrected chi connectivity index (χ3v) is 2.79. The second-order valence-corrected chi connectivity index (χ2v) is 4.31. The minimum atomic E-state index is -1.33. The number of aromatic carboxylic acids is 1. The van der Waals surface area contributed by atoms with Gasteiger partial charge in [-0.3, -0.25) is 0 Å². The highest BCUT2D eigenvalue weighted by Gasteiger charge is 2.19. The van der Waals surface area contributed by atoms with Gasteiger partial charge in [-0.15, -0.1) is 0 Å². The van der Waals surface area contributed by atoms with E-state index in [0.29, 0.717) is 22.9 Å². The van der Waals surface area contributed by atoms with Crippen molar-refractivity contribution >= 4 is 17.6 Å². The van der Waals surface area contributed by atoms with Crippen LogP contribution in [-0.2, 0) is 0 Å². The van der Waals surface area contributed by atoms with Gasteiger partial charge in [0.15, 0.2) is 0 Å². The topological polar surface area (TPSA) is 76.7 Å². The Balaban J connectivity index is 2.70. The number of carboxylic acid groups (broad SMARTS) is 1. The minimum absolute atomic E-state index is 0.239. The smallest absolute Gasteiger partial charge is 0.372 e. The maximum absolute atomic E-state index is 11.2. The average Bonchev–Trinajstić information content (AvgIpc) is 2.41. The fourth-order valence-corrected chi connectivity index (χ4v) is 1.95. The number of carboxylic acids is 1. The first-order valence-corrected chi connectivity index (χ1v) is 6.21. The van der Waals surface area contributed by atoms with Gasteiger partial charge in [-0.2, -0.15) is 0 Å². The van der Waals surface area contributed by atoms with Crippen LogP contribution in [-0.4, -0.2) is 17.7 Å². The van der Waals surface area contributed by atoms with Crippen molar-refractivity contribution in [1.82, 2.24) is 0 Å². The lowest BCUT2D eigenvalue weighted by Gasteiger charge is -2.11. The molecule has 1 aromatic heterocycles. The molecule has 6 heteroatoms. The number of benzene rings is 1. The molecule has 0 aliphatic rings. The third kappa shape index (κ3) is 2.83. The van der Waals surface area contributed by atoms with Crippen molar-refractivity contribution in [3.05, 3.63) is 51.5 Å². The van der Waals surface area contributed by atoms with Crippen molar-refractivity contribution in [2.24, 2.45) is 0 Å². The molecule has 1 N–H and O–H groups in total. The Hall–Kier alpha value is -2.27. The Bertz CT molecular complexity index is 705. The van der Waals surface area contributed by atoms with Crippen LogP contribution in [0.4, 0.5) is 0 Å². The summed E-state index contributed by atoms with van der Waals surface area (Å²) in [4.78, 5) is 22.4. The Labute approximate surface area is 119 Å². The van der Waals surface area contributed by atoms with Crippen molar-refractivity contribution in [2.45, 2.75) is 6.92 Å². The van der Waals surface area contributed by atoms with E-state index < -0.39 is 17.4 Å². The van der Waals surface area contributed by atoms with Crippen LogP contribution < -0.4 is 10.4 Å². The first-order valence-electron chi connectivity index (χ1n) is 5.83. The van der Waals surface area contributed by atoms with Crippen LogP contribution in [0.3, 0.4) is 0 Å². The van der Waals surface area contributed by atoms with Crippen molar-refractivity contribution < 1.29 is 19.1 Å². The predicted molar refractivity (Wildman–Crippen MR) is 73.6 cm³/mol. The first-order chi connectivity index (χ1) is 9.52. The summed E-state index contributed by atoms with van der Waals surface area (Å²) >= 11 is 5.93. The molecule has 0 saturated heterocycles. The van der Waals surface area contributed by atoms with Gasteiger partial charge < -0.3 is 14.3 Å². The summed E-state index contributed by atoms with van der Waals surface area (Å²) in [5.41, 5.74) is -0.0327. The van der Waals surface area contributed by atoms with Crippen molar-refractivity contribution in [3.63, 3.8) is 0 Å². The van der Waals surface area contributed by atoms with Gasteiger partial charge in [0.25, 0.3) is 0 Å². The van der Waals surface area contributed by atoms with Gasteiger partial charge in [0, 0.05) is 22.2 Å². The molecule has 0 aliphatic carbocycles. The number of halogens is 1. The monoisotopic (exact) mass is 294 g/mol. The zero-order valence-corrected chi connectivity index (χ0v) is 11.3. The maximum atomic E-state index is 11.2. The summed E-state index contributed by atoms with van der Waals surface area (Å²) in [5, 5.41) is 9.56. The van der Waals surface area contributed by atoms with Crippen LogP contribution in [0.5, 0.6) is 5.75 Å². The van der Waals surface area contributed by atoms with Gasteiger partial charge in [0.05, 0.1) is 6.61 Å². The summed E-state index contributed by atoms with van der Waals surface area (Å²) in [7, 11) is 0. The molecule has 0 bridgehead atoms. The summed E-state index contributed by atoms with van der Waals surface area (Å²) in [6, 6.07) is 7.36. The molecular formula is C14H11ClO5. The molecule has 20 heavy (non-hydrogen) atoms. The Morgan fingerprint density at radius 1 is 1.30 bits per heavy atom. The van der Waals surface area contributed by atoms with Gasteiger partial charge >= 0.3 is 11.6 Å². The van der Waals surface area contributed by atoms with Gasteiger partial charge in [-0.05, 0) is 31.2 Å². The lowest BCUT2D eigenvalue weighted by Crippen LogP contribution is -2.07. The third-order valence-electron chi connectivity index (χ3n) is 2.56. The van der Waals surface area contributed by atoms with E-state index >= 15 is 0 Å². The second kappa shape index (κ2) is 5.79. The molecule has 0 amide bonds. The van der Waals surface area contributed by atoms with Crippen molar-refractivity contribution in [2.75, 3.05) is 6.61 Å². The molecule has 0 atom stereocenters. The summed E-state index contributed by atoms with van der Waals surface area (Å²) < 4.78 is 10.2. The standard InChI is InChI=1S/C14H11ClO5/c1-2-19-11-5-3-8(15)7-10(11)9-4-6-12(16)20-13(9)14(17)18/h3-7H,2H2,1H3,(H,17,18).